The van der Waals surface area contributed by atoms with E-state index in [1.165, 1.54) is 18.6 Å². The van der Waals surface area contributed by atoms with Crippen molar-refractivity contribution in [1.82, 2.24) is 4.90 Å². The molecule has 2 nitrogen and oxygen atoms in total. The molecule has 1 fully saturated rings. The van der Waals surface area contributed by atoms with Gasteiger partial charge in [-0.25, -0.2) is 4.39 Å². The molecule has 0 unspecified atom stereocenters. The molecule has 1 aromatic rings. The average molecular weight is 295 g/mol. The zero-order valence-electron chi connectivity index (χ0n) is 12.1. The molecule has 1 aliphatic carbocycles. The van der Waals surface area contributed by atoms with Gasteiger partial charge in [-0.15, -0.1) is 12.6 Å². The summed E-state index contributed by atoms with van der Waals surface area (Å²) in [5, 5.41) is 0. The molecule has 0 N–H and O–H groups in total. The van der Waals surface area contributed by atoms with Gasteiger partial charge >= 0.3 is 0 Å². The number of amides is 1. The van der Waals surface area contributed by atoms with Gasteiger partial charge < -0.3 is 4.90 Å². The number of rotatable bonds is 3. The van der Waals surface area contributed by atoms with Gasteiger partial charge in [-0.1, -0.05) is 13.3 Å². The molecule has 0 atom stereocenters. The zero-order chi connectivity index (χ0) is 14.7. The lowest BCUT2D eigenvalue weighted by molar-refractivity contribution is 0.0669. The molecule has 0 bridgehead atoms. The summed E-state index contributed by atoms with van der Waals surface area (Å²) in [6.07, 6.45) is 5.56. The van der Waals surface area contributed by atoms with Crippen LogP contribution in [0.2, 0.25) is 0 Å². The third-order valence-corrected chi connectivity index (χ3v) is 4.72. The third kappa shape index (κ3) is 3.35. The van der Waals surface area contributed by atoms with Crippen LogP contribution in [0.25, 0.3) is 0 Å². The number of carbonyl (C=O) groups excluding carboxylic acids is 1. The quantitative estimate of drug-likeness (QED) is 0.830. The fourth-order valence-electron chi connectivity index (χ4n) is 2.97. The number of hydrogen-bond donors (Lipinski definition) is 1. The van der Waals surface area contributed by atoms with Crippen LogP contribution < -0.4 is 0 Å². The smallest absolute Gasteiger partial charge is 0.256 e. The van der Waals surface area contributed by atoms with Crippen molar-refractivity contribution in [3.05, 3.63) is 29.6 Å². The van der Waals surface area contributed by atoms with Crippen LogP contribution >= 0.6 is 12.6 Å². The van der Waals surface area contributed by atoms with Gasteiger partial charge in [0.05, 0.1) is 5.56 Å². The van der Waals surface area contributed by atoms with E-state index in [4.69, 9.17) is 0 Å². The minimum Gasteiger partial charge on any atom is -0.339 e. The second-order valence-corrected chi connectivity index (χ2v) is 6.18. The zero-order valence-corrected chi connectivity index (χ0v) is 13.0. The van der Waals surface area contributed by atoms with Gasteiger partial charge in [0.1, 0.15) is 5.82 Å². The number of thiol groups is 1. The fourth-order valence-corrected chi connectivity index (χ4v) is 3.18. The molecule has 1 aromatic carbocycles. The molecular formula is C16H22FNOS. The summed E-state index contributed by atoms with van der Waals surface area (Å²) in [7, 11) is 1.78. The van der Waals surface area contributed by atoms with E-state index in [2.05, 4.69) is 19.6 Å². The van der Waals surface area contributed by atoms with Gasteiger partial charge in [-0.2, -0.15) is 0 Å². The van der Waals surface area contributed by atoms with E-state index in [9.17, 15) is 9.18 Å². The second-order valence-electron chi connectivity index (χ2n) is 5.66. The van der Waals surface area contributed by atoms with Gasteiger partial charge in [0, 0.05) is 18.0 Å². The highest BCUT2D eigenvalue weighted by Crippen LogP contribution is 2.29. The lowest BCUT2D eigenvalue weighted by Crippen LogP contribution is -2.39. The van der Waals surface area contributed by atoms with E-state index in [0.29, 0.717) is 4.90 Å². The highest BCUT2D eigenvalue weighted by molar-refractivity contribution is 7.80. The van der Waals surface area contributed by atoms with Crippen LogP contribution in [-0.4, -0.2) is 23.9 Å². The number of nitrogens with zero attached hydrogens (tertiary/aromatic N) is 1. The Morgan fingerprint density at radius 1 is 1.35 bits per heavy atom. The Hall–Kier alpha value is -1.03. The normalized spacial score (nSPS) is 22.6. The Kier molecular flexibility index (Phi) is 5.08. The maximum atomic E-state index is 13.8. The maximum Gasteiger partial charge on any atom is 0.256 e. The molecule has 0 radical (unpaired) electrons. The molecular weight excluding hydrogens is 273 g/mol. The first-order chi connectivity index (χ1) is 9.52. The first-order valence-electron chi connectivity index (χ1n) is 7.28. The molecule has 0 heterocycles. The minimum absolute atomic E-state index is 0.123. The molecule has 0 spiro atoms. The second kappa shape index (κ2) is 6.61. The summed E-state index contributed by atoms with van der Waals surface area (Å²) >= 11 is 4.18. The van der Waals surface area contributed by atoms with Crippen molar-refractivity contribution in [3.8, 4) is 0 Å². The number of carbonyl (C=O) groups is 1. The lowest BCUT2D eigenvalue weighted by Gasteiger charge is -2.34. The van der Waals surface area contributed by atoms with Crippen LogP contribution in [0.5, 0.6) is 0 Å². The first-order valence-corrected chi connectivity index (χ1v) is 7.73. The molecule has 4 heteroatoms. The van der Waals surface area contributed by atoms with E-state index in [0.717, 1.165) is 31.6 Å². The van der Waals surface area contributed by atoms with Crippen LogP contribution in [0.15, 0.2) is 23.1 Å². The molecule has 2 rings (SSSR count). The van der Waals surface area contributed by atoms with E-state index in [1.807, 2.05) is 0 Å². The molecule has 0 aliphatic heterocycles. The largest absolute Gasteiger partial charge is 0.339 e. The van der Waals surface area contributed by atoms with Gasteiger partial charge in [0.15, 0.2) is 0 Å². The van der Waals surface area contributed by atoms with Crippen molar-refractivity contribution in [1.29, 1.82) is 0 Å². The topological polar surface area (TPSA) is 20.3 Å². The van der Waals surface area contributed by atoms with Crippen LogP contribution in [0, 0.1) is 11.7 Å². The van der Waals surface area contributed by atoms with Crippen molar-refractivity contribution in [3.63, 3.8) is 0 Å². The standard InChI is InChI=1S/C16H22FNOS/c1-3-11-4-6-12(7-5-11)18(2)16(19)14-10-13(20)8-9-15(14)17/h8-12,20H,3-7H2,1-2H3. The number of hydrogen-bond acceptors (Lipinski definition) is 2. The van der Waals surface area contributed by atoms with Crippen molar-refractivity contribution >= 4 is 18.5 Å². The lowest BCUT2D eigenvalue weighted by atomic mass is 9.84. The summed E-state index contributed by atoms with van der Waals surface area (Å²) < 4.78 is 13.8. The van der Waals surface area contributed by atoms with Crippen LogP contribution in [-0.2, 0) is 0 Å². The summed E-state index contributed by atoms with van der Waals surface area (Å²) in [5.74, 6) is 0.0764. The predicted octanol–water partition coefficient (Wildman–Crippen LogP) is 4.16. The fraction of sp³-hybridized carbons (Fsp3) is 0.562. The van der Waals surface area contributed by atoms with E-state index < -0.39 is 5.82 Å². The predicted molar refractivity (Wildman–Crippen MR) is 81.8 cm³/mol. The highest BCUT2D eigenvalue weighted by Gasteiger charge is 2.27. The molecule has 110 valence electrons. The van der Waals surface area contributed by atoms with Crippen LogP contribution in [0.1, 0.15) is 49.4 Å². The summed E-state index contributed by atoms with van der Waals surface area (Å²) in [6, 6.07) is 4.60. The summed E-state index contributed by atoms with van der Waals surface area (Å²) in [5.41, 5.74) is 0.123. The van der Waals surface area contributed by atoms with Crippen LogP contribution in [0.4, 0.5) is 4.39 Å². The Morgan fingerprint density at radius 3 is 2.60 bits per heavy atom. The molecule has 0 saturated heterocycles. The van der Waals surface area contributed by atoms with Crippen molar-refractivity contribution in [2.75, 3.05) is 7.05 Å². The molecule has 1 amide bonds. The summed E-state index contributed by atoms with van der Waals surface area (Å²) in [6.45, 7) is 2.22. The van der Waals surface area contributed by atoms with Crippen molar-refractivity contribution < 1.29 is 9.18 Å². The van der Waals surface area contributed by atoms with Crippen molar-refractivity contribution in [2.24, 2.45) is 5.92 Å². The Labute approximate surface area is 125 Å². The van der Waals surface area contributed by atoms with Gasteiger partial charge in [0.2, 0.25) is 0 Å². The van der Waals surface area contributed by atoms with E-state index in [1.54, 1.807) is 18.0 Å². The number of halogens is 1. The molecule has 0 aromatic heterocycles. The average Bonchev–Trinajstić information content (AvgIpc) is 2.48. The molecule has 1 saturated carbocycles. The Balaban J connectivity index is 2.07. The maximum absolute atomic E-state index is 13.8. The van der Waals surface area contributed by atoms with Crippen molar-refractivity contribution in [2.45, 2.75) is 50.0 Å². The van der Waals surface area contributed by atoms with Gasteiger partial charge in [0.25, 0.3) is 5.91 Å². The van der Waals surface area contributed by atoms with E-state index in [-0.39, 0.29) is 17.5 Å². The van der Waals surface area contributed by atoms with Gasteiger partial charge in [-0.3, -0.25) is 4.79 Å². The SMILES string of the molecule is CCC1CCC(N(C)C(=O)c2cc(S)ccc2F)CC1. The van der Waals surface area contributed by atoms with Crippen LogP contribution in [0.3, 0.4) is 0 Å². The third-order valence-electron chi connectivity index (χ3n) is 4.44. The Bertz CT molecular complexity index is 483. The monoisotopic (exact) mass is 295 g/mol. The first kappa shape index (κ1) is 15.4. The highest BCUT2D eigenvalue weighted by atomic mass is 32.1. The Morgan fingerprint density at radius 2 is 2.00 bits per heavy atom. The van der Waals surface area contributed by atoms with E-state index >= 15 is 0 Å². The summed E-state index contributed by atoms with van der Waals surface area (Å²) in [4.78, 5) is 14.7. The number of benzene rings is 1. The molecule has 20 heavy (non-hydrogen) atoms. The molecule has 1 aliphatic rings. The minimum atomic E-state index is -0.470. The van der Waals surface area contributed by atoms with Gasteiger partial charge in [-0.05, 0) is 49.8 Å².